The SMILES string of the molecule is CNC(=O)Cn1cc(S(=O)(=O)Nc2ccc(C)c3c(C#N)c[nH]c23)cn1. The first-order valence-corrected chi connectivity index (χ1v) is 9.10. The molecule has 0 saturated heterocycles. The van der Waals surface area contributed by atoms with E-state index in [0.717, 1.165) is 5.56 Å². The van der Waals surface area contributed by atoms with Gasteiger partial charge in [0.1, 0.15) is 17.5 Å². The zero-order valence-corrected chi connectivity index (χ0v) is 14.9. The van der Waals surface area contributed by atoms with Gasteiger partial charge in [0.25, 0.3) is 10.0 Å². The van der Waals surface area contributed by atoms with Gasteiger partial charge >= 0.3 is 0 Å². The van der Waals surface area contributed by atoms with E-state index in [-0.39, 0.29) is 17.3 Å². The van der Waals surface area contributed by atoms with Crippen LogP contribution in [0.3, 0.4) is 0 Å². The molecule has 10 heteroatoms. The van der Waals surface area contributed by atoms with Gasteiger partial charge in [-0.15, -0.1) is 0 Å². The second-order valence-electron chi connectivity index (χ2n) is 5.65. The molecule has 3 aromatic rings. The van der Waals surface area contributed by atoms with Gasteiger partial charge in [-0.2, -0.15) is 10.4 Å². The smallest absolute Gasteiger partial charge is 0.265 e. The van der Waals surface area contributed by atoms with Crippen molar-refractivity contribution in [3.8, 4) is 6.07 Å². The fourth-order valence-corrected chi connectivity index (χ4v) is 3.62. The molecule has 134 valence electrons. The Bertz CT molecular complexity index is 1140. The summed E-state index contributed by atoms with van der Waals surface area (Å²) < 4.78 is 29.0. The Morgan fingerprint density at radius 3 is 2.88 bits per heavy atom. The Morgan fingerprint density at radius 1 is 1.42 bits per heavy atom. The van der Waals surface area contributed by atoms with E-state index in [1.54, 1.807) is 12.1 Å². The molecule has 2 heterocycles. The van der Waals surface area contributed by atoms with E-state index in [2.05, 4.69) is 26.2 Å². The number of likely N-dealkylation sites (N-methyl/N-ethyl adjacent to an activating group) is 1. The van der Waals surface area contributed by atoms with Crippen molar-refractivity contribution in [1.29, 1.82) is 5.26 Å². The topological polar surface area (TPSA) is 133 Å². The number of amides is 1. The quantitative estimate of drug-likeness (QED) is 0.617. The first-order valence-electron chi connectivity index (χ1n) is 7.62. The van der Waals surface area contributed by atoms with E-state index in [1.807, 2.05) is 6.92 Å². The van der Waals surface area contributed by atoms with Crippen LogP contribution >= 0.6 is 0 Å². The lowest BCUT2D eigenvalue weighted by molar-refractivity contribution is -0.121. The Labute approximate surface area is 149 Å². The molecule has 0 aliphatic heterocycles. The van der Waals surface area contributed by atoms with Gasteiger partial charge in [0.15, 0.2) is 0 Å². The van der Waals surface area contributed by atoms with Crippen molar-refractivity contribution < 1.29 is 13.2 Å². The van der Waals surface area contributed by atoms with Crippen LogP contribution in [0.2, 0.25) is 0 Å². The van der Waals surface area contributed by atoms with Crippen molar-refractivity contribution in [3.63, 3.8) is 0 Å². The molecule has 0 fully saturated rings. The van der Waals surface area contributed by atoms with Crippen molar-refractivity contribution in [2.75, 3.05) is 11.8 Å². The molecule has 1 aromatic carbocycles. The fourth-order valence-electron chi connectivity index (χ4n) is 2.59. The van der Waals surface area contributed by atoms with Crippen LogP contribution in [0, 0.1) is 18.3 Å². The number of fused-ring (bicyclic) bond motifs is 1. The minimum absolute atomic E-state index is 0.0674. The highest BCUT2D eigenvalue weighted by atomic mass is 32.2. The molecule has 26 heavy (non-hydrogen) atoms. The number of aromatic amines is 1. The number of nitrogens with zero attached hydrogens (tertiary/aromatic N) is 3. The van der Waals surface area contributed by atoms with Gasteiger partial charge in [0.05, 0.1) is 23.0 Å². The molecule has 0 saturated carbocycles. The third-order valence-corrected chi connectivity index (χ3v) is 5.23. The molecule has 9 nitrogen and oxygen atoms in total. The number of rotatable bonds is 5. The summed E-state index contributed by atoms with van der Waals surface area (Å²) >= 11 is 0. The predicted octanol–water partition coefficient (Wildman–Crippen LogP) is 1.09. The van der Waals surface area contributed by atoms with Crippen molar-refractivity contribution in [2.45, 2.75) is 18.4 Å². The molecule has 1 amide bonds. The molecular weight excluding hydrogens is 356 g/mol. The normalized spacial score (nSPS) is 11.3. The first-order chi connectivity index (χ1) is 12.4. The minimum Gasteiger partial charge on any atom is -0.358 e. The number of hydrogen-bond donors (Lipinski definition) is 3. The van der Waals surface area contributed by atoms with E-state index in [9.17, 15) is 18.5 Å². The number of aromatic nitrogens is 3. The van der Waals surface area contributed by atoms with Crippen LogP contribution in [-0.4, -0.2) is 36.1 Å². The highest BCUT2D eigenvalue weighted by Crippen LogP contribution is 2.29. The predicted molar refractivity (Wildman–Crippen MR) is 94.9 cm³/mol. The molecule has 0 atom stereocenters. The van der Waals surface area contributed by atoms with Gasteiger partial charge in [-0.25, -0.2) is 8.42 Å². The van der Waals surface area contributed by atoms with Gasteiger partial charge in [0, 0.05) is 24.8 Å². The second kappa shape index (κ2) is 6.53. The summed E-state index contributed by atoms with van der Waals surface area (Å²) in [5.74, 6) is -0.291. The zero-order chi connectivity index (χ0) is 18.9. The summed E-state index contributed by atoms with van der Waals surface area (Å²) in [6, 6.07) is 5.45. The number of carbonyl (C=O) groups is 1. The third kappa shape index (κ3) is 3.12. The van der Waals surface area contributed by atoms with Gasteiger partial charge in [-0.3, -0.25) is 14.2 Å². The van der Waals surface area contributed by atoms with Crippen molar-refractivity contribution in [1.82, 2.24) is 20.1 Å². The summed E-state index contributed by atoms with van der Waals surface area (Å²) in [7, 11) is -2.42. The zero-order valence-electron chi connectivity index (χ0n) is 14.1. The molecule has 0 unspecified atom stereocenters. The molecule has 0 radical (unpaired) electrons. The number of hydrogen-bond acceptors (Lipinski definition) is 5. The maximum Gasteiger partial charge on any atom is 0.265 e. The summed E-state index contributed by atoms with van der Waals surface area (Å²) in [6.07, 6.45) is 3.99. The van der Waals surface area contributed by atoms with E-state index in [0.29, 0.717) is 22.2 Å². The van der Waals surface area contributed by atoms with Gasteiger partial charge in [-0.1, -0.05) is 6.07 Å². The van der Waals surface area contributed by atoms with E-state index in [1.165, 1.54) is 30.3 Å². The standard InChI is InChI=1S/C16H16N6O3S/c1-10-3-4-13(16-15(10)11(5-17)6-19-16)21-26(24,25)12-7-20-22(8-12)9-14(23)18-2/h3-4,6-8,19,21H,9H2,1-2H3,(H,18,23). The maximum absolute atomic E-state index is 12.6. The maximum atomic E-state index is 12.6. The lowest BCUT2D eigenvalue weighted by Crippen LogP contribution is -2.23. The van der Waals surface area contributed by atoms with Gasteiger partial charge < -0.3 is 10.3 Å². The minimum atomic E-state index is -3.90. The van der Waals surface area contributed by atoms with Gasteiger partial charge in [-0.05, 0) is 18.6 Å². The molecular formula is C16H16N6O3S. The van der Waals surface area contributed by atoms with Crippen molar-refractivity contribution >= 4 is 32.5 Å². The van der Waals surface area contributed by atoms with Crippen LogP contribution in [0.4, 0.5) is 5.69 Å². The fraction of sp³-hybridized carbons (Fsp3) is 0.188. The molecule has 0 aliphatic carbocycles. The molecule has 3 rings (SSSR count). The van der Waals surface area contributed by atoms with Crippen LogP contribution < -0.4 is 10.0 Å². The summed E-state index contributed by atoms with van der Waals surface area (Å²) in [4.78, 5) is 14.2. The van der Waals surface area contributed by atoms with Crippen molar-refractivity contribution in [2.24, 2.45) is 0 Å². The third-order valence-electron chi connectivity index (χ3n) is 3.91. The Balaban J connectivity index is 1.95. The Hall–Kier alpha value is -3.32. The average Bonchev–Trinajstić information content (AvgIpc) is 3.24. The van der Waals surface area contributed by atoms with Crippen LogP contribution in [0.15, 0.2) is 35.6 Å². The number of aryl methyl sites for hydroxylation is 1. The van der Waals surface area contributed by atoms with E-state index >= 15 is 0 Å². The van der Waals surface area contributed by atoms with Crippen LogP contribution in [0.5, 0.6) is 0 Å². The van der Waals surface area contributed by atoms with Gasteiger partial charge in [0.2, 0.25) is 5.91 Å². The van der Waals surface area contributed by atoms with Crippen LogP contribution in [0.1, 0.15) is 11.1 Å². The second-order valence-corrected chi connectivity index (χ2v) is 7.33. The molecule has 0 aliphatic rings. The Morgan fingerprint density at radius 2 is 2.19 bits per heavy atom. The summed E-state index contributed by atoms with van der Waals surface area (Å²) in [5.41, 5.74) is 2.16. The molecule has 0 bridgehead atoms. The summed E-state index contributed by atoms with van der Waals surface area (Å²) in [6.45, 7) is 1.76. The molecule has 3 N–H and O–H groups in total. The number of benzene rings is 1. The first kappa shape index (κ1) is 17.5. The lowest BCUT2D eigenvalue weighted by atomic mass is 10.1. The average molecular weight is 372 g/mol. The number of carbonyl (C=O) groups excluding carboxylic acids is 1. The number of sulfonamides is 1. The number of nitriles is 1. The largest absolute Gasteiger partial charge is 0.358 e. The highest BCUT2D eigenvalue weighted by Gasteiger charge is 2.20. The number of nitrogens with one attached hydrogen (secondary N) is 3. The van der Waals surface area contributed by atoms with Crippen molar-refractivity contribution in [3.05, 3.63) is 41.9 Å². The Kier molecular flexibility index (Phi) is 4.40. The summed E-state index contributed by atoms with van der Waals surface area (Å²) in [5, 5.41) is 16.2. The van der Waals surface area contributed by atoms with Crippen LogP contribution in [0.25, 0.3) is 10.9 Å². The molecule has 2 aromatic heterocycles. The molecule has 0 spiro atoms. The lowest BCUT2D eigenvalue weighted by Gasteiger charge is -2.09. The number of anilines is 1. The van der Waals surface area contributed by atoms with E-state index in [4.69, 9.17) is 0 Å². The van der Waals surface area contributed by atoms with E-state index < -0.39 is 10.0 Å². The number of H-pyrrole nitrogens is 1. The highest BCUT2D eigenvalue weighted by molar-refractivity contribution is 7.92. The monoisotopic (exact) mass is 372 g/mol. The van der Waals surface area contributed by atoms with Crippen LogP contribution in [-0.2, 0) is 21.4 Å².